The molecule has 58 valence electrons. The zero-order valence-corrected chi connectivity index (χ0v) is 7.14. The van der Waals surface area contributed by atoms with Crippen molar-refractivity contribution in [1.82, 2.24) is 10.6 Å². The van der Waals surface area contributed by atoms with Gasteiger partial charge in [0.2, 0.25) is 0 Å². The van der Waals surface area contributed by atoms with E-state index in [1.54, 1.807) is 18.8 Å². The van der Waals surface area contributed by atoms with Crippen LogP contribution in [0.15, 0.2) is 11.1 Å². The number of thioether (sulfide) groups is 1. The van der Waals surface area contributed by atoms with Crippen LogP contribution in [0.1, 0.15) is 0 Å². The first-order chi connectivity index (χ1) is 4.34. The first-order valence-corrected chi connectivity index (χ1v) is 3.67. The molecule has 0 aliphatic carbocycles. The highest BCUT2D eigenvalue weighted by atomic mass is 35.5. The van der Waals surface area contributed by atoms with Crippen molar-refractivity contribution in [2.45, 2.75) is 0 Å². The second-order valence-corrected chi connectivity index (χ2v) is 2.46. The van der Waals surface area contributed by atoms with Crippen LogP contribution in [0.3, 0.4) is 0 Å². The Labute approximate surface area is 70.0 Å². The van der Waals surface area contributed by atoms with Gasteiger partial charge in [0, 0.05) is 12.5 Å². The molecular weight excluding hydrogens is 172 g/mol. The fourth-order valence-electron chi connectivity index (χ4n) is 0.555. The molecule has 0 radical (unpaired) electrons. The third kappa shape index (κ3) is 2.11. The van der Waals surface area contributed by atoms with E-state index in [2.05, 4.69) is 10.6 Å². The Kier molecular flexibility index (Phi) is 4.31. The van der Waals surface area contributed by atoms with Gasteiger partial charge in [-0.1, -0.05) is 0 Å². The molecule has 0 aromatic heterocycles. The van der Waals surface area contributed by atoms with E-state index in [-0.39, 0.29) is 18.3 Å². The van der Waals surface area contributed by atoms with Crippen LogP contribution >= 0.6 is 24.2 Å². The summed E-state index contributed by atoms with van der Waals surface area (Å²) in [5, 5.41) is 7.26. The lowest BCUT2D eigenvalue weighted by atomic mass is 10.5. The predicted molar refractivity (Wildman–Crippen MR) is 45.0 cm³/mol. The third-order valence-corrected chi connectivity index (χ3v) is 1.73. The van der Waals surface area contributed by atoms with E-state index >= 15 is 0 Å². The molecule has 5 heteroatoms. The molecular formula is C5H9ClN2OS. The summed E-state index contributed by atoms with van der Waals surface area (Å²) in [4.78, 5) is 10.8. The second kappa shape index (κ2) is 4.46. The average Bonchev–Trinajstić information content (AvgIpc) is 2.37. The van der Waals surface area contributed by atoms with Gasteiger partial charge in [0.25, 0.3) is 5.91 Å². The number of likely N-dealkylation sites (N-methyl/N-ethyl adjacent to an activating group) is 1. The van der Waals surface area contributed by atoms with Gasteiger partial charge in [0.05, 0.1) is 5.88 Å². The summed E-state index contributed by atoms with van der Waals surface area (Å²) in [7, 11) is 1.62. The Morgan fingerprint density at radius 1 is 1.90 bits per heavy atom. The Morgan fingerprint density at radius 3 is 3.00 bits per heavy atom. The summed E-state index contributed by atoms with van der Waals surface area (Å²) in [6.45, 7) is 0. The van der Waals surface area contributed by atoms with E-state index in [0.29, 0.717) is 5.70 Å². The van der Waals surface area contributed by atoms with E-state index in [1.165, 1.54) is 0 Å². The molecule has 0 saturated carbocycles. The molecule has 0 atom stereocenters. The van der Waals surface area contributed by atoms with Crippen LogP contribution in [-0.4, -0.2) is 18.8 Å². The minimum atomic E-state index is -0.0417. The van der Waals surface area contributed by atoms with E-state index in [4.69, 9.17) is 0 Å². The average molecular weight is 181 g/mol. The van der Waals surface area contributed by atoms with Crippen LogP contribution in [0.25, 0.3) is 0 Å². The standard InChI is InChI=1S/C5H8N2OS.ClH/c1-6-5(8)4-2-9-3-7-4;/h2,7H,3H2,1H3,(H,6,8);1H. The molecule has 1 heterocycles. The van der Waals surface area contributed by atoms with Crippen LogP contribution in [0, 0.1) is 0 Å². The lowest BCUT2D eigenvalue weighted by Gasteiger charge is -1.98. The van der Waals surface area contributed by atoms with E-state index in [0.717, 1.165) is 5.88 Å². The van der Waals surface area contributed by atoms with Crippen molar-refractivity contribution in [3.63, 3.8) is 0 Å². The number of amides is 1. The number of carbonyl (C=O) groups is 1. The summed E-state index contributed by atoms with van der Waals surface area (Å²) in [6, 6.07) is 0. The van der Waals surface area contributed by atoms with E-state index in [1.807, 2.05) is 5.41 Å². The van der Waals surface area contributed by atoms with Crippen molar-refractivity contribution >= 4 is 30.1 Å². The van der Waals surface area contributed by atoms with Crippen LogP contribution in [0.5, 0.6) is 0 Å². The van der Waals surface area contributed by atoms with Gasteiger partial charge in [-0.2, -0.15) is 0 Å². The van der Waals surface area contributed by atoms with Crippen molar-refractivity contribution in [2.24, 2.45) is 0 Å². The second-order valence-electron chi connectivity index (χ2n) is 1.60. The SMILES string of the molecule is CNC(=O)C1=CSCN1.Cl. The van der Waals surface area contributed by atoms with Crippen LogP contribution < -0.4 is 10.6 Å². The summed E-state index contributed by atoms with van der Waals surface area (Å²) >= 11 is 1.59. The normalized spacial score (nSPS) is 14.7. The molecule has 1 aliphatic rings. The fraction of sp³-hybridized carbons (Fsp3) is 0.400. The lowest BCUT2D eigenvalue weighted by molar-refractivity contribution is -0.117. The highest BCUT2D eigenvalue weighted by molar-refractivity contribution is 8.02. The highest BCUT2D eigenvalue weighted by Gasteiger charge is 2.09. The Balaban J connectivity index is 0.000000810. The molecule has 0 bridgehead atoms. The molecule has 2 N–H and O–H groups in total. The van der Waals surface area contributed by atoms with Gasteiger partial charge in [0.15, 0.2) is 0 Å². The van der Waals surface area contributed by atoms with Gasteiger partial charge >= 0.3 is 0 Å². The molecule has 1 aliphatic heterocycles. The fourth-order valence-corrected chi connectivity index (χ4v) is 1.23. The van der Waals surface area contributed by atoms with Gasteiger partial charge < -0.3 is 10.6 Å². The van der Waals surface area contributed by atoms with Gasteiger partial charge in [-0.25, -0.2) is 0 Å². The van der Waals surface area contributed by atoms with Crippen molar-refractivity contribution in [3.05, 3.63) is 11.1 Å². The molecule has 0 unspecified atom stereocenters. The highest BCUT2D eigenvalue weighted by Crippen LogP contribution is 2.11. The maximum Gasteiger partial charge on any atom is 0.267 e. The molecule has 0 aromatic rings. The molecule has 10 heavy (non-hydrogen) atoms. The Hall–Kier alpha value is -0.350. The van der Waals surface area contributed by atoms with Crippen LogP contribution in [0.2, 0.25) is 0 Å². The van der Waals surface area contributed by atoms with Crippen LogP contribution in [0.4, 0.5) is 0 Å². The predicted octanol–water partition coefficient (Wildman–Crippen LogP) is 0.289. The number of carbonyl (C=O) groups excluding carboxylic acids is 1. The molecule has 0 aromatic carbocycles. The lowest BCUT2D eigenvalue weighted by Crippen LogP contribution is -2.26. The largest absolute Gasteiger partial charge is 0.371 e. The number of hydrogen-bond acceptors (Lipinski definition) is 3. The molecule has 0 fully saturated rings. The van der Waals surface area contributed by atoms with Crippen molar-refractivity contribution in [2.75, 3.05) is 12.9 Å². The maximum absolute atomic E-state index is 10.8. The molecule has 0 saturated heterocycles. The quantitative estimate of drug-likeness (QED) is 0.610. The maximum atomic E-state index is 10.8. The number of nitrogens with one attached hydrogen (secondary N) is 2. The minimum Gasteiger partial charge on any atom is -0.371 e. The molecule has 1 amide bonds. The number of halogens is 1. The summed E-state index contributed by atoms with van der Waals surface area (Å²) in [5.41, 5.74) is 0.669. The van der Waals surface area contributed by atoms with Gasteiger partial charge in [-0.15, -0.1) is 24.2 Å². The molecule has 1 rings (SSSR count). The number of rotatable bonds is 1. The summed E-state index contributed by atoms with van der Waals surface area (Å²) in [6.07, 6.45) is 0. The smallest absolute Gasteiger partial charge is 0.267 e. The first kappa shape index (κ1) is 9.65. The van der Waals surface area contributed by atoms with Crippen molar-refractivity contribution in [3.8, 4) is 0 Å². The monoisotopic (exact) mass is 180 g/mol. The topological polar surface area (TPSA) is 41.1 Å². The Morgan fingerprint density at radius 2 is 2.60 bits per heavy atom. The number of hydrogen-bond donors (Lipinski definition) is 2. The van der Waals surface area contributed by atoms with Gasteiger partial charge in [-0.3, -0.25) is 4.79 Å². The zero-order chi connectivity index (χ0) is 6.69. The first-order valence-electron chi connectivity index (χ1n) is 2.62. The Bertz CT molecular complexity index is 160. The zero-order valence-electron chi connectivity index (χ0n) is 5.51. The van der Waals surface area contributed by atoms with Gasteiger partial charge in [-0.05, 0) is 0 Å². The van der Waals surface area contributed by atoms with E-state index < -0.39 is 0 Å². The summed E-state index contributed by atoms with van der Waals surface area (Å²) in [5.74, 6) is 0.767. The van der Waals surface area contributed by atoms with Gasteiger partial charge in [0.1, 0.15) is 5.70 Å². The third-order valence-electron chi connectivity index (χ3n) is 1.02. The van der Waals surface area contributed by atoms with E-state index in [9.17, 15) is 4.79 Å². The molecule has 0 spiro atoms. The molecule has 3 nitrogen and oxygen atoms in total. The van der Waals surface area contributed by atoms with Crippen molar-refractivity contribution < 1.29 is 4.79 Å². The summed E-state index contributed by atoms with van der Waals surface area (Å²) < 4.78 is 0. The minimum absolute atomic E-state index is 0. The van der Waals surface area contributed by atoms with Crippen LogP contribution in [-0.2, 0) is 4.79 Å². The van der Waals surface area contributed by atoms with Crippen molar-refractivity contribution in [1.29, 1.82) is 0 Å².